The molecule has 4 N–H and O–H groups in total. The van der Waals surface area contributed by atoms with Gasteiger partial charge in [0.2, 0.25) is 0 Å². The van der Waals surface area contributed by atoms with Crippen molar-refractivity contribution >= 4 is 40.3 Å². The Kier molecular flexibility index (Phi) is 5.46. The molecule has 1 amide bonds. The first kappa shape index (κ1) is 21.8. The van der Waals surface area contributed by atoms with Crippen LogP contribution in [0.3, 0.4) is 0 Å². The highest BCUT2D eigenvalue weighted by Crippen LogP contribution is 2.28. The lowest BCUT2D eigenvalue weighted by Crippen LogP contribution is -2.16. The van der Waals surface area contributed by atoms with Crippen LogP contribution in [-0.2, 0) is 7.05 Å². The van der Waals surface area contributed by atoms with E-state index >= 15 is 0 Å². The molecule has 10 nitrogen and oxygen atoms in total. The van der Waals surface area contributed by atoms with Crippen LogP contribution >= 0.6 is 0 Å². The van der Waals surface area contributed by atoms with Crippen molar-refractivity contribution < 1.29 is 14.7 Å². The Morgan fingerprint density at radius 1 is 1.11 bits per heavy atom. The number of aromatic amines is 2. The predicted molar refractivity (Wildman–Crippen MR) is 132 cm³/mol. The first-order valence-electron chi connectivity index (χ1n) is 10.7. The lowest BCUT2D eigenvalue weighted by atomic mass is 10.0. The van der Waals surface area contributed by atoms with Gasteiger partial charge in [-0.2, -0.15) is 10.2 Å². The van der Waals surface area contributed by atoms with Crippen molar-refractivity contribution in [3.05, 3.63) is 88.9 Å². The van der Waals surface area contributed by atoms with E-state index in [1.165, 1.54) is 10.9 Å². The van der Waals surface area contributed by atoms with E-state index in [0.717, 1.165) is 5.69 Å². The molecule has 35 heavy (non-hydrogen) atoms. The summed E-state index contributed by atoms with van der Waals surface area (Å²) in [6.45, 7) is 1.87. The van der Waals surface area contributed by atoms with Crippen LogP contribution in [0.15, 0.2) is 65.8 Å². The minimum atomic E-state index is -0.324. The third kappa shape index (κ3) is 4.32. The number of aromatic nitrogens is 5. The van der Waals surface area contributed by atoms with E-state index in [1.807, 2.05) is 6.92 Å². The zero-order valence-corrected chi connectivity index (χ0v) is 18.9. The number of rotatable bonds is 6. The first-order valence-corrected chi connectivity index (χ1v) is 10.7. The number of anilines is 1. The lowest BCUT2D eigenvalue weighted by Gasteiger charge is -2.08. The van der Waals surface area contributed by atoms with Crippen LogP contribution in [0.2, 0.25) is 0 Å². The van der Waals surface area contributed by atoms with E-state index in [4.69, 9.17) is 0 Å². The van der Waals surface area contributed by atoms with Crippen LogP contribution in [0.1, 0.15) is 37.7 Å². The number of carbonyl (C=O) groups excluding carboxylic acids is 2. The molecule has 2 aromatic carbocycles. The van der Waals surface area contributed by atoms with E-state index in [2.05, 4.69) is 30.6 Å². The molecular formula is C25H21N7O3. The smallest absolute Gasteiger partial charge is 0.273 e. The molecule has 174 valence electrons. The van der Waals surface area contributed by atoms with Crippen LogP contribution in [-0.4, -0.2) is 48.0 Å². The third-order valence-corrected chi connectivity index (χ3v) is 5.53. The summed E-state index contributed by atoms with van der Waals surface area (Å²) in [5, 5.41) is 24.7. The van der Waals surface area contributed by atoms with Crippen LogP contribution in [0.4, 0.5) is 11.5 Å². The number of hydrogen-bond acceptors (Lipinski definition) is 6. The summed E-state index contributed by atoms with van der Waals surface area (Å²) in [6, 6.07) is 15.2. The molecule has 0 spiro atoms. The molecule has 5 aromatic rings. The van der Waals surface area contributed by atoms with Gasteiger partial charge in [0, 0.05) is 58.9 Å². The van der Waals surface area contributed by atoms with Crippen molar-refractivity contribution in [1.29, 1.82) is 0 Å². The topological polar surface area (TPSA) is 141 Å². The lowest BCUT2D eigenvalue weighted by molar-refractivity contribution is 0.101. The zero-order valence-electron chi connectivity index (χ0n) is 18.9. The maximum atomic E-state index is 13.3. The van der Waals surface area contributed by atoms with Crippen molar-refractivity contribution in [2.45, 2.75) is 6.92 Å². The second-order valence-corrected chi connectivity index (χ2v) is 8.02. The standard InChI is InChI=1S/C25H21N7O3/c1-14-10-22(31-30-14)26-13-19-18-12-16(6-7-20(18)29-24(19)34)23(33)15-4-3-5-17(11-15)28-25(35)21-8-9-27-32(21)2/h3-13,29,34H,1-2H3,(H,28,35)(H,30,31). The van der Waals surface area contributed by atoms with Gasteiger partial charge in [0.15, 0.2) is 17.5 Å². The van der Waals surface area contributed by atoms with Crippen LogP contribution in [0, 0.1) is 6.92 Å². The molecule has 0 aliphatic rings. The number of hydrogen-bond donors (Lipinski definition) is 4. The van der Waals surface area contributed by atoms with Gasteiger partial charge in [0.05, 0.1) is 5.56 Å². The number of benzene rings is 2. The number of nitrogens with zero attached hydrogens (tertiary/aromatic N) is 4. The van der Waals surface area contributed by atoms with E-state index < -0.39 is 0 Å². The molecule has 0 saturated carbocycles. The Hall–Kier alpha value is -4.99. The largest absolute Gasteiger partial charge is 0.494 e. The highest BCUT2D eigenvalue weighted by molar-refractivity contribution is 6.13. The van der Waals surface area contributed by atoms with E-state index in [0.29, 0.717) is 44.8 Å². The van der Waals surface area contributed by atoms with Gasteiger partial charge < -0.3 is 15.4 Å². The van der Waals surface area contributed by atoms with Gasteiger partial charge in [-0.15, -0.1) is 0 Å². The Labute approximate surface area is 199 Å². The number of fused-ring (bicyclic) bond motifs is 1. The van der Waals surface area contributed by atoms with Gasteiger partial charge in [-0.05, 0) is 43.3 Å². The third-order valence-electron chi connectivity index (χ3n) is 5.53. The minimum absolute atomic E-state index is 0.0551. The van der Waals surface area contributed by atoms with E-state index in [9.17, 15) is 14.7 Å². The normalized spacial score (nSPS) is 11.4. The second kappa shape index (κ2) is 8.75. The number of nitrogens with one attached hydrogen (secondary N) is 3. The van der Waals surface area contributed by atoms with Gasteiger partial charge in [0.25, 0.3) is 5.91 Å². The Morgan fingerprint density at radius 3 is 2.69 bits per heavy atom. The molecule has 0 aliphatic carbocycles. The summed E-state index contributed by atoms with van der Waals surface area (Å²) in [4.78, 5) is 33.0. The molecule has 0 unspecified atom stereocenters. The van der Waals surface area contributed by atoms with Gasteiger partial charge in [-0.25, -0.2) is 4.99 Å². The fraction of sp³-hybridized carbons (Fsp3) is 0.0800. The van der Waals surface area contributed by atoms with Crippen LogP contribution in [0.25, 0.3) is 10.9 Å². The summed E-state index contributed by atoms with van der Waals surface area (Å²) >= 11 is 0. The number of amides is 1. The van der Waals surface area contributed by atoms with Crippen molar-refractivity contribution in [1.82, 2.24) is 25.0 Å². The maximum absolute atomic E-state index is 13.3. The van der Waals surface area contributed by atoms with Crippen molar-refractivity contribution in [3.63, 3.8) is 0 Å². The van der Waals surface area contributed by atoms with Crippen LogP contribution < -0.4 is 5.32 Å². The molecule has 0 radical (unpaired) electrons. The molecule has 5 rings (SSSR count). The number of aryl methyl sites for hydroxylation is 2. The van der Waals surface area contributed by atoms with Crippen molar-refractivity contribution in [2.24, 2.45) is 12.0 Å². The number of carbonyl (C=O) groups is 2. The summed E-state index contributed by atoms with van der Waals surface area (Å²) in [7, 11) is 1.68. The zero-order chi connectivity index (χ0) is 24.5. The second-order valence-electron chi connectivity index (χ2n) is 8.02. The van der Waals surface area contributed by atoms with Crippen molar-refractivity contribution in [3.8, 4) is 5.88 Å². The van der Waals surface area contributed by atoms with Crippen LogP contribution in [0.5, 0.6) is 5.88 Å². The molecule has 0 aliphatic heterocycles. The average Bonchev–Trinajstić information content (AvgIpc) is 3.55. The fourth-order valence-electron chi connectivity index (χ4n) is 3.77. The number of aromatic hydroxyl groups is 1. The highest BCUT2D eigenvalue weighted by Gasteiger charge is 2.16. The molecule has 0 bridgehead atoms. The minimum Gasteiger partial charge on any atom is -0.494 e. The monoisotopic (exact) mass is 467 g/mol. The molecule has 0 saturated heterocycles. The summed E-state index contributed by atoms with van der Waals surface area (Å²) in [5.41, 5.74) is 3.71. The number of aliphatic imine (C=N–C) groups is 1. The number of H-pyrrole nitrogens is 2. The predicted octanol–water partition coefficient (Wildman–Crippen LogP) is 3.87. The Morgan fingerprint density at radius 2 is 1.94 bits per heavy atom. The molecular weight excluding hydrogens is 446 g/mol. The quantitative estimate of drug-likeness (QED) is 0.222. The summed E-state index contributed by atoms with van der Waals surface area (Å²) in [5.74, 6) is -0.126. The Bertz CT molecular complexity index is 1610. The molecule has 0 atom stereocenters. The van der Waals surface area contributed by atoms with Crippen molar-refractivity contribution in [2.75, 3.05) is 5.32 Å². The van der Waals surface area contributed by atoms with E-state index in [-0.39, 0.29) is 17.6 Å². The maximum Gasteiger partial charge on any atom is 0.273 e. The van der Waals surface area contributed by atoms with Gasteiger partial charge in [-0.1, -0.05) is 12.1 Å². The summed E-state index contributed by atoms with van der Waals surface area (Å²) < 4.78 is 1.47. The SMILES string of the molecule is Cc1cc(N=Cc2c(O)[nH]c3ccc(C(=O)c4cccc(NC(=O)c5ccnn5C)c4)cc23)n[nH]1. The van der Waals surface area contributed by atoms with Gasteiger partial charge in [0.1, 0.15) is 5.69 Å². The Balaban J connectivity index is 1.43. The fourth-order valence-corrected chi connectivity index (χ4v) is 3.77. The highest BCUT2D eigenvalue weighted by atomic mass is 16.3. The molecule has 10 heteroatoms. The summed E-state index contributed by atoms with van der Waals surface area (Å²) in [6.07, 6.45) is 3.05. The van der Waals surface area contributed by atoms with Gasteiger partial charge >= 0.3 is 0 Å². The van der Waals surface area contributed by atoms with Gasteiger partial charge in [-0.3, -0.25) is 19.4 Å². The number of ketones is 1. The van der Waals surface area contributed by atoms with E-state index in [1.54, 1.807) is 67.8 Å². The molecule has 3 heterocycles. The molecule has 0 fully saturated rings. The molecule has 3 aromatic heterocycles. The average molecular weight is 467 g/mol. The first-order chi connectivity index (χ1) is 16.9.